The largest absolute Gasteiger partial charge is 0.504 e. The minimum atomic E-state index is 0.103. The van der Waals surface area contributed by atoms with E-state index >= 15 is 0 Å². The van der Waals surface area contributed by atoms with Crippen LogP contribution in [-0.2, 0) is 12.8 Å². The van der Waals surface area contributed by atoms with Crippen molar-refractivity contribution < 1.29 is 24.1 Å². The van der Waals surface area contributed by atoms with E-state index in [2.05, 4.69) is 19.9 Å². The molecular formula is C22H30O5. The minimum absolute atomic E-state index is 0.103. The van der Waals surface area contributed by atoms with Gasteiger partial charge in [-0.05, 0) is 60.1 Å². The third kappa shape index (κ3) is 5.00. The summed E-state index contributed by atoms with van der Waals surface area (Å²) in [6.07, 6.45) is 1.77. The lowest BCUT2D eigenvalue weighted by atomic mass is 9.85. The second-order valence-corrected chi connectivity index (χ2v) is 6.90. The highest BCUT2D eigenvalue weighted by Crippen LogP contribution is 2.38. The molecule has 0 bridgehead atoms. The van der Waals surface area contributed by atoms with E-state index in [0.717, 1.165) is 29.9 Å². The third-order valence-electron chi connectivity index (χ3n) is 5.05. The maximum Gasteiger partial charge on any atom is 0.203 e. The molecule has 0 heterocycles. The van der Waals surface area contributed by atoms with E-state index in [9.17, 15) is 5.11 Å². The Hall–Kier alpha value is -2.56. The zero-order valence-electron chi connectivity index (χ0n) is 17.0. The Morgan fingerprint density at radius 3 is 1.81 bits per heavy atom. The van der Waals surface area contributed by atoms with Crippen LogP contribution >= 0.6 is 0 Å². The first kappa shape index (κ1) is 20.7. The fourth-order valence-corrected chi connectivity index (χ4v) is 3.27. The number of hydrogen-bond donors (Lipinski definition) is 1. The monoisotopic (exact) mass is 374 g/mol. The SMILES string of the molecule is COc1ccc(C[C@H](C)[C@H](C)Cc2cc(O)c(OC)c(OC)c2)cc1OC. The molecule has 2 atom stereocenters. The first-order chi connectivity index (χ1) is 12.9. The molecule has 0 amide bonds. The molecule has 0 aliphatic rings. The molecule has 0 spiro atoms. The lowest BCUT2D eigenvalue weighted by molar-refractivity contribution is 0.330. The summed E-state index contributed by atoms with van der Waals surface area (Å²) in [5, 5.41) is 10.2. The van der Waals surface area contributed by atoms with Gasteiger partial charge in [0.25, 0.3) is 0 Å². The van der Waals surface area contributed by atoms with Gasteiger partial charge in [0.15, 0.2) is 23.0 Å². The Labute approximate surface area is 161 Å². The first-order valence-corrected chi connectivity index (χ1v) is 9.08. The molecule has 2 aromatic rings. The molecule has 2 rings (SSSR count). The summed E-state index contributed by atoms with van der Waals surface area (Å²) < 4.78 is 21.2. The summed E-state index contributed by atoms with van der Waals surface area (Å²) in [4.78, 5) is 0. The molecular weight excluding hydrogens is 344 g/mol. The molecule has 0 radical (unpaired) electrons. The van der Waals surface area contributed by atoms with E-state index < -0.39 is 0 Å². The minimum Gasteiger partial charge on any atom is -0.504 e. The average Bonchev–Trinajstić information content (AvgIpc) is 2.67. The second-order valence-electron chi connectivity index (χ2n) is 6.90. The van der Waals surface area contributed by atoms with Crippen molar-refractivity contribution >= 4 is 0 Å². The number of phenolic OH excluding ortho intramolecular Hbond substituents is 1. The van der Waals surface area contributed by atoms with Crippen LogP contribution in [0.4, 0.5) is 0 Å². The summed E-state index contributed by atoms with van der Waals surface area (Å²) in [5.74, 6) is 3.36. The normalized spacial score (nSPS) is 13.0. The van der Waals surface area contributed by atoms with Crippen LogP contribution in [0, 0.1) is 11.8 Å². The molecule has 0 aromatic heterocycles. The maximum atomic E-state index is 10.2. The average molecular weight is 374 g/mol. The van der Waals surface area contributed by atoms with Gasteiger partial charge in [-0.3, -0.25) is 0 Å². The summed E-state index contributed by atoms with van der Waals surface area (Å²) in [6, 6.07) is 9.73. The van der Waals surface area contributed by atoms with E-state index in [4.69, 9.17) is 18.9 Å². The number of methoxy groups -OCH3 is 4. The van der Waals surface area contributed by atoms with Crippen molar-refractivity contribution in [3.8, 4) is 28.7 Å². The highest BCUT2D eigenvalue weighted by Gasteiger charge is 2.18. The van der Waals surface area contributed by atoms with Gasteiger partial charge in [0.1, 0.15) is 0 Å². The molecule has 0 saturated heterocycles. The van der Waals surface area contributed by atoms with Crippen LogP contribution < -0.4 is 18.9 Å². The summed E-state index contributed by atoms with van der Waals surface area (Å²) >= 11 is 0. The highest BCUT2D eigenvalue weighted by molar-refractivity contribution is 5.53. The van der Waals surface area contributed by atoms with Gasteiger partial charge in [0.2, 0.25) is 5.75 Å². The van der Waals surface area contributed by atoms with E-state index in [1.165, 1.54) is 12.7 Å². The van der Waals surface area contributed by atoms with E-state index in [1.807, 2.05) is 18.2 Å². The smallest absolute Gasteiger partial charge is 0.203 e. The van der Waals surface area contributed by atoms with Gasteiger partial charge in [0, 0.05) is 0 Å². The van der Waals surface area contributed by atoms with Crippen molar-refractivity contribution in [2.45, 2.75) is 26.7 Å². The maximum absolute atomic E-state index is 10.2. The van der Waals surface area contributed by atoms with Crippen molar-refractivity contribution in [2.24, 2.45) is 11.8 Å². The molecule has 148 valence electrons. The molecule has 0 saturated carbocycles. The van der Waals surface area contributed by atoms with Crippen molar-refractivity contribution in [3.63, 3.8) is 0 Å². The Morgan fingerprint density at radius 1 is 0.704 bits per heavy atom. The second kappa shape index (κ2) is 9.40. The highest BCUT2D eigenvalue weighted by atomic mass is 16.5. The molecule has 0 aliphatic carbocycles. The molecule has 27 heavy (non-hydrogen) atoms. The fraction of sp³-hybridized carbons (Fsp3) is 0.455. The van der Waals surface area contributed by atoms with Crippen LogP contribution in [0.3, 0.4) is 0 Å². The number of ether oxygens (including phenoxy) is 4. The zero-order chi connectivity index (χ0) is 20.0. The van der Waals surface area contributed by atoms with Crippen LogP contribution in [0.15, 0.2) is 30.3 Å². The predicted octanol–water partition coefficient (Wildman–Crippen LogP) is 4.48. The summed E-state index contributed by atoms with van der Waals surface area (Å²) in [6.45, 7) is 4.46. The summed E-state index contributed by atoms with van der Waals surface area (Å²) in [5.41, 5.74) is 2.24. The predicted molar refractivity (Wildman–Crippen MR) is 106 cm³/mol. The quantitative estimate of drug-likeness (QED) is 0.701. The van der Waals surface area contributed by atoms with Crippen LogP contribution in [0.1, 0.15) is 25.0 Å². The Morgan fingerprint density at radius 2 is 1.26 bits per heavy atom. The molecule has 0 aliphatic heterocycles. The van der Waals surface area contributed by atoms with E-state index in [-0.39, 0.29) is 5.75 Å². The Balaban J connectivity index is 2.10. The van der Waals surface area contributed by atoms with Gasteiger partial charge in [-0.1, -0.05) is 19.9 Å². The summed E-state index contributed by atoms with van der Waals surface area (Å²) in [7, 11) is 6.38. The van der Waals surface area contributed by atoms with Gasteiger partial charge in [-0.2, -0.15) is 0 Å². The van der Waals surface area contributed by atoms with Crippen molar-refractivity contribution in [1.29, 1.82) is 0 Å². The molecule has 5 nitrogen and oxygen atoms in total. The lowest BCUT2D eigenvalue weighted by Crippen LogP contribution is -2.14. The number of phenols is 1. The lowest BCUT2D eigenvalue weighted by Gasteiger charge is -2.21. The zero-order valence-corrected chi connectivity index (χ0v) is 17.0. The van der Waals surface area contributed by atoms with Crippen LogP contribution in [0.25, 0.3) is 0 Å². The third-order valence-corrected chi connectivity index (χ3v) is 5.05. The van der Waals surface area contributed by atoms with E-state index in [0.29, 0.717) is 23.3 Å². The Bertz CT molecular complexity index is 757. The van der Waals surface area contributed by atoms with Crippen LogP contribution in [0.2, 0.25) is 0 Å². The van der Waals surface area contributed by atoms with Crippen LogP contribution in [-0.4, -0.2) is 33.5 Å². The first-order valence-electron chi connectivity index (χ1n) is 9.08. The number of rotatable bonds is 9. The van der Waals surface area contributed by atoms with Crippen molar-refractivity contribution in [1.82, 2.24) is 0 Å². The number of hydrogen-bond acceptors (Lipinski definition) is 5. The fourth-order valence-electron chi connectivity index (χ4n) is 3.27. The van der Waals surface area contributed by atoms with Gasteiger partial charge < -0.3 is 24.1 Å². The Kier molecular flexibility index (Phi) is 7.22. The topological polar surface area (TPSA) is 57.2 Å². The van der Waals surface area contributed by atoms with E-state index in [1.54, 1.807) is 27.4 Å². The van der Waals surface area contributed by atoms with Gasteiger partial charge >= 0.3 is 0 Å². The standard InChI is InChI=1S/C22H30O5/c1-14(9-16-7-8-19(24-3)20(12-16)25-4)15(2)10-17-11-18(23)22(27-6)21(13-17)26-5/h7-8,11-15,23H,9-10H2,1-6H3/t14-,15+/m0/s1. The number of benzene rings is 2. The molecule has 0 fully saturated rings. The van der Waals surface area contributed by atoms with Gasteiger partial charge in [-0.15, -0.1) is 0 Å². The molecule has 5 heteroatoms. The van der Waals surface area contributed by atoms with Crippen LogP contribution in [0.5, 0.6) is 28.7 Å². The molecule has 0 unspecified atom stereocenters. The van der Waals surface area contributed by atoms with Crippen molar-refractivity contribution in [3.05, 3.63) is 41.5 Å². The van der Waals surface area contributed by atoms with Crippen molar-refractivity contribution in [2.75, 3.05) is 28.4 Å². The number of aromatic hydroxyl groups is 1. The van der Waals surface area contributed by atoms with Gasteiger partial charge in [-0.25, -0.2) is 0 Å². The van der Waals surface area contributed by atoms with Gasteiger partial charge in [0.05, 0.1) is 28.4 Å². The molecule has 2 aromatic carbocycles. The molecule has 1 N–H and O–H groups in total.